The summed E-state index contributed by atoms with van der Waals surface area (Å²) < 4.78 is 1.95. The van der Waals surface area contributed by atoms with E-state index in [0.717, 1.165) is 42.8 Å². The number of hydrogen-bond donors (Lipinski definition) is 2. The van der Waals surface area contributed by atoms with E-state index in [1.165, 1.54) is 19.3 Å². The van der Waals surface area contributed by atoms with Crippen molar-refractivity contribution in [2.24, 2.45) is 5.92 Å². The van der Waals surface area contributed by atoms with Crippen molar-refractivity contribution in [1.29, 1.82) is 0 Å². The highest BCUT2D eigenvalue weighted by molar-refractivity contribution is 5.74. The summed E-state index contributed by atoms with van der Waals surface area (Å²) in [4.78, 5) is 30.3. The van der Waals surface area contributed by atoms with Crippen LogP contribution in [0.3, 0.4) is 0 Å². The monoisotopic (exact) mass is 463 g/mol. The van der Waals surface area contributed by atoms with Crippen LogP contribution in [0.15, 0.2) is 41.2 Å². The molecule has 2 aliphatic heterocycles. The Morgan fingerprint density at radius 2 is 1.76 bits per heavy atom. The van der Waals surface area contributed by atoms with Crippen LogP contribution in [-0.2, 0) is 13.1 Å². The van der Waals surface area contributed by atoms with E-state index in [-0.39, 0.29) is 17.5 Å². The minimum absolute atomic E-state index is 0.0530. The van der Waals surface area contributed by atoms with Crippen molar-refractivity contribution in [3.8, 4) is 0 Å². The minimum Gasteiger partial charge on any atom is -0.378 e. The van der Waals surface area contributed by atoms with Crippen molar-refractivity contribution in [3.05, 3.63) is 58.0 Å². The number of carbonyl (C=O) groups excluding carboxylic acids is 1. The lowest BCUT2D eigenvalue weighted by Crippen LogP contribution is -2.53. The van der Waals surface area contributed by atoms with Crippen molar-refractivity contribution < 1.29 is 4.79 Å². The fourth-order valence-corrected chi connectivity index (χ4v) is 5.87. The summed E-state index contributed by atoms with van der Waals surface area (Å²) in [5, 5.41) is 6.61. The molecule has 0 spiro atoms. The molecule has 7 nitrogen and oxygen atoms in total. The van der Waals surface area contributed by atoms with Gasteiger partial charge in [0.25, 0.3) is 5.56 Å². The third-order valence-electron chi connectivity index (χ3n) is 7.76. The van der Waals surface area contributed by atoms with Gasteiger partial charge in [-0.3, -0.25) is 4.79 Å². The molecule has 0 radical (unpaired) electrons. The number of pyridine rings is 1. The van der Waals surface area contributed by atoms with Gasteiger partial charge in [-0.15, -0.1) is 0 Å². The van der Waals surface area contributed by atoms with E-state index in [1.54, 1.807) is 0 Å². The average Bonchev–Trinajstić information content (AvgIpc) is 2.85. The fraction of sp³-hybridized carbons (Fsp3) is 0.556. The first-order valence-electron chi connectivity index (χ1n) is 12.8. The Morgan fingerprint density at radius 1 is 1.00 bits per heavy atom. The van der Waals surface area contributed by atoms with E-state index in [2.05, 4.69) is 45.9 Å². The molecular formula is C27H37N5O2. The maximum Gasteiger partial charge on any atom is 0.317 e. The molecule has 34 heavy (non-hydrogen) atoms. The van der Waals surface area contributed by atoms with Crippen LogP contribution in [0.4, 0.5) is 16.2 Å². The zero-order valence-corrected chi connectivity index (χ0v) is 20.4. The van der Waals surface area contributed by atoms with Gasteiger partial charge in [-0.1, -0.05) is 31.4 Å². The van der Waals surface area contributed by atoms with E-state index in [1.807, 2.05) is 29.6 Å². The van der Waals surface area contributed by atoms with Crippen molar-refractivity contribution in [3.63, 3.8) is 0 Å². The molecule has 3 aliphatic rings. The standard InChI is InChI=1S/C27H37N5O2/c1-30(2)23-10-8-19(9-11-23)15-28-24-12-13-25-21-14-20(17-32(25)26(24)33)16-31(18-21)27(34)29-22-6-4-3-5-7-22/h8-13,20-22,28H,3-7,14-18H2,1-2H3,(H,29,34)/t20-,21+/m0/s1. The third kappa shape index (κ3) is 4.79. The number of fused-ring (bicyclic) bond motifs is 4. The van der Waals surface area contributed by atoms with Gasteiger partial charge in [-0.25, -0.2) is 4.79 Å². The maximum atomic E-state index is 13.3. The SMILES string of the molecule is CN(C)c1ccc(CNc2ccc3n(c2=O)C[C@H]2C[C@@H]3CN(C(=O)NC3CCCCC3)C2)cc1. The van der Waals surface area contributed by atoms with Gasteiger partial charge in [-0.05, 0) is 55.0 Å². The minimum atomic E-state index is 0.0530. The fourth-order valence-electron chi connectivity index (χ4n) is 5.87. The largest absolute Gasteiger partial charge is 0.378 e. The maximum absolute atomic E-state index is 13.3. The molecule has 1 aliphatic carbocycles. The molecule has 1 aromatic heterocycles. The molecule has 2 atom stereocenters. The molecule has 2 bridgehead atoms. The highest BCUT2D eigenvalue weighted by Gasteiger charge is 2.37. The zero-order valence-electron chi connectivity index (χ0n) is 20.4. The molecule has 1 saturated carbocycles. The number of piperidine rings is 1. The Bertz CT molecular complexity index is 1070. The van der Waals surface area contributed by atoms with Crippen LogP contribution in [0.25, 0.3) is 0 Å². The summed E-state index contributed by atoms with van der Waals surface area (Å²) in [6.45, 7) is 2.73. The first kappa shape index (κ1) is 22.8. The number of likely N-dealkylation sites (tertiary alicyclic amines) is 1. The number of carbonyl (C=O) groups is 1. The highest BCUT2D eigenvalue weighted by atomic mass is 16.2. The summed E-state index contributed by atoms with van der Waals surface area (Å²) >= 11 is 0. The van der Waals surface area contributed by atoms with Gasteiger partial charge in [0.2, 0.25) is 0 Å². The lowest BCUT2D eigenvalue weighted by molar-refractivity contribution is 0.127. The molecule has 3 heterocycles. The van der Waals surface area contributed by atoms with Crippen LogP contribution >= 0.6 is 0 Å². The van der Waals surface area contributed by atoms with E-state index >= 15 is 0 Å². The van der Waals surface area contributed by atoms with Gasteiger partial charge in [0.1, 0.15) is 5.69 Å². The van der Waals surface area contributed by atoms with Gasteiger partial charge in [0, 0.05) is 63.6 Å². The molecular weight excluding hydrogens is 426 g/mol. The Labute approximate surface area is 202 Å². The lowest BCUT2D eigenvalue weighted by Gasteiger charge is -2.43. The van der Waals surface area contributed by atoms with Gasteiger partial charge < -0.3 is 25.0 Å². The molecule has 2 aromatic rings. The molecule has 1 saturated heterocycles. The smallest absolute Gasteiger partial charge is 0.317 e. The van der Waals surface area contributed by atoms with E-state index in [0.29, 0.717) is 37.3 Å². The number of nitrogens with zero attached hydrogens (tertiary/aromatic N) is 3. The number of amides is 2. The van der Waals surface area contributed by atoms with Crippen molar-refractivity contribution in [2.45, 2.75) is 63.6 Å². The predicted molar refractivity (Wildman–Crippen MR) is 137 cm³/mol. The number of anilines is 2. The average molecular weight is 464 g/mol. The summed E-state index contributed by atoms with van der Waals surface area (Å²) in [5.74, 6) is 0.555. The van der Waals surface area contributed by atoms with Crippen LogP contribution in [0.1, 0.15) is 55.7 Å². The molecule has 1 aromatic carbocycles. The van der Waals surface area contributed by atoms with Crippen LogP contribution in [0.2, 0.25) is 0 Å². The van der Waals surface area contributed by atoms with Crippen molar-refractivity contribution in [1.82, 2.24) is 14.8 Å². The van der Waals surface area contributed by atoms with E-state index in [4.69, 9.17) is 0 Å². The second-order valence-electron chi connectivity index (χ2n) is 10.5. The topological polar surface area (TPSA) is 69.6 Å². The molecule has 182 valence electrons. The molecule has 2 fully saturated rings. The normalized spacial score (nSPS) is 22.1. The summed E-state index contributed by atoms with van der Waals surface area (Å²) in [6.07, 6.45) is 6.96. The summed E-state index contributed by atoms with van der Waals surface area (Å²) in [7, 11) is 4.05. The van der Waals surface area contributed by atoms with Crippen LogP contribution in [0.5, 0.6) is 0 Å². The second kappa shape index (κ2) is 9.72. The van der Waals surface area contributed by atoms with E-state index < -0.39 is 0 Å². The lowest BCUT2D eigenvalue weighted by atomic mass is 9.83. The van der Waals surface area contributed by atoms with Gasteiger partial charge in [0.15, 0.2) is 0 Å². The number of nitrogens with one attached hydrogen (secondary N) is 2. The van der Waals surface area contributed by atoms with Crippen LogP contribution in [-0.4, -0.2) is 48.7 Å². The quantitative estimate of drug-likeness (QED) is 0.704. The number of hydrogen-bond acceptors (Lipinski definition) is 4. The Hall–Kier alpha value is -2.96. The van der Waals surface area contributed by atoms with E-state index in [9.17, 15) is 9.59 Å². The summed E-state index contributed by atoms with van der Waals surface area (Å²) in [5.41, 5.74) is 4.07. The van der Waals surface area contributed by atoms with Crippen LogP contribution in [0, 0.1) is 5.92 Å². The number of rotatable bonds is 5. The van der Waals surface area contributed by atoms with Gasteiger partial charge in [-0.2, -0.15) is 0 Å². The third-order valence-corrected chi connectivity index (χ3v) is 7.76. The van der Waals surface area contributed by atoms with Gasteiger partial charge >= 0.3 is 6.03 Å². The highest BCUT2D eigenvalue weighted by Crippen LogP contribution is 2.35. The molecule has 2 N–H and O–H groups in total. The molecule has 0 unspecified atom stereocenters. The number of aromatic nitrogens is 1. The van der Waals surface area contributed by atoms with Crippen LogP contribution < -0.4 is 21.1 Å². The number of urea groups is 1. The Morgan fingerprint density at radius 3 is 2.50 bits per heavy atom. The molecule has 7 heteroatoms. The second-order valence-corrected chi connectivity index (χ2v) is 10.5. The predicted octanol–water partition coefficient (Wildman–Crippen LogP) is 3.99. The first-order valence-corrected chi connectivity index (χ1v) is 12.8. The van der Waals surface area contributed by atoms with Crippen molar-refractivity contribution in [2.75, 3.05) is 37.4 Å². The molecule has 2 amide bonds. The van der Waals surface area contributed by atoms with Crippen molar-refractivity contribution >= 4 is 17.4 Å². The zero-order chi connectivity index (χ0) is 23.7. The Kier molecular flexibility index (Phi) is 6.53. The summed E-state index contributed by atoms with van der Waals surface area (Å²) in [6, 6.07) is 12.8. The Balaban J connectivity index is 1.25. The first-order chi connectivity index (χ1) is 16.5. The number of benzene rings is 1. The molecule has 5 rings (SSSR count). The van der Waals surface area contributed by atoms with Gasteiger partial charge in [0.05, 0.1) is 0 Å².